The summed E-state index contributed by atoms with van der Waals surface area (Å²) in [5.41, 5.74) is 3.41. The van der Waals surface area contributed by atoms with Gasteiger partial charge in [0.2, 0.25) is 0 Å². The Hall–Kier alpha value is -1.78. The molecular weight excluding hydrogens is 182 g/mol. The maximum Gasteiger partial charge on any atom is 0.309 e. The van der Waals surface area contributed by atoms with E-state index < -0.39 is 5.97 Å². The Kier molecular flexibility index (Phi) is 1.80. The summed E-state index contributed by atoms with van der Waals surface area (Å²) in [5.74, 6) is -0.844. The van der Waals surface area contributed by atoms with E-state index in [0.717, 1.165) is 17.0 Å². The lowest BCUT2D eigenvalue weighted by molar-refractivity contribution is -0.136. The molecule has 14 heavy (non-hydrogen) atoms. The fourth-order valence-corrected chi connectivity index (χ4v) is 1.46. The molecule has 2 heterocycles. The lowest BCUT2D eigenvalue weighted by Crippen LogP contribution is -2.01. The average Bonchev–Trinajstić information content (AvgIpc) is 2.54. The van der Waals surface area contributed by atoms with Gasteiger partial charge in [0.1, 0.15) is 0 Å². The van der Waals surface area contributed by atoms with Gasteiger partial charge >= 0.3 is 5.97 Å². The number of carboxylic acids is 1. The fourth-order valence-electron chi connectivity index (χ4n) is 1.46. The van der Waals surface area contributed by atoms with Crippen molar-refractivity contribution >= 4 is 11.6 Å². The minimum absolute atomic E-state index is 0.00183. The Labute approximate surface area is 80.4 Å². The van der Waals surface area contributed by atoms with Crippen molar-refractivity contribution in [1.29, 1.82) is 0 Å². The highest BCUT2D eigenvalue weighted by Gasteiger charge is 2.09. The fraction of sp³-hybridized carbons (Fsp3) is 0.333. The predicted octanol–water partition coefficient (Wildman–Crippen LogP) is 0.906. The summed E-state index contributed by atoms with van der Waals surface area (Å²) in [5, 5.41) is 11.6. The molecule has 0 aliphatic heterocycles. The van der Waals surface area contributed by atoms with Gasteiger partial charge in [-0.1, -0.05) is 0 Å². The van der Waals surface area contributed by atoms with Crippen molar-refractivity contribution in [2.24, 2.45) is 0 Å². The molecule has 5 heteroatoms. The van der Waals surface area contributed by atoms with E-state index in [4.69, 9.17) is 5.11 Å². The molecule has 0 amide bonds. The van der Waals surface area contributed by atoms with Crippen LogP contribution in [0.5, 0.6) is 0 Å². The number of aromatic amines is 1. The molecular formula is C9H11N3O2. The number of nitrogens with one attached hydrogen (secondary N) is 1. The van der Waals surface area contributed by atoms with Gasteiger partial charge in [-0.2, -0.15) is 0 Å². The Bertz CT molecular complexity index is 495. The zero-order chi connectivity index (χ0) is 10.3. The van der Waals surface area contributed by atoms with Crippen molar-refractivity contribution in [2.45, 2.75) is 20.3 Å². The van der Waals surface area contributed by atoms with Gasteiger partial charge in [-0.3, -0.25) is 9.89 Å². The van der Waals surface area contributed by atoms with Crippen molar-refractivity contribution in [2.75, 3.05) is 0 Å². The lowest BCUT2D eigenvalue weighted by atomic mass is 10.3. The number of rotatable bonds is 2. The van der Waals surface area contributed by atoms with Crippen LogP contribution in [-0.2, 0) is 11.2 Å². The Balaban J connectivity index is 2.48. The smallest absolute Gasteiger partial charge is 0.309 e. The largest absolute Gasteiger partial charge is 0.481 e. The normalized spacial score (nSPS) is 11.0. The quantitative estimate of drug-likeness (QED) is 0.744. The number of fused-ring (bicyclic) bond motifs is 1. The molecule has 0 radical (unpaired) electrons. The molecule has 0 spiro atoms. The van der Waals surface area contributed by atoms with E-state index in [2.05, 4.69) is 10.1 Å². The molecule has 0 aliphatic carbocycles. The predicted molar refractivity (Wildman–Crippen MR) is 50.4 cm³/mol. The molecule has 0 aliphatic rings. The molecule has 74 valence electrons. The van der Waals surface area contributed by atoms with Crippen molar-refractivity contribution in [3.8, 4) is 0 Å². The summed E-state index contributed by atoms with van der Waals surface area (Å²) < 4.78 is 1.80. The summed E-state index contributed by atoms with van der Waals surface area (Å²) in [6.07, 6.45) is 0.00183. The number of carbonyl (C=O) groups is 1. The van der Waals surface area contributed by atoms with E-state index >= 15 is 0 Å². The summed E-state index contributed by atoms with van der Waals surface area (Å²) >= 11 is 0. The average molecular weight is 193 g/mol. The molecule has 0 saturated heterocycles. The van der Waals surface area contributed by atoms with Gasteiger partial charge in [0.25, 0.3) is 0 Å². The number of carboxylic acid groups (broad SMARTS) is 1. The van der Waals surface area contributed by atoms with Gasteiger partial charge in [-0.15, -0.1) is 0 Å². The summed E-state index contributed by atoms with van der Waals surface area (Å²) in [4.78, 5) is 14.7. The van der Waals surface area contributed by atoms with Gasteiger partial charge in [0.15, 0.2) is 5.65 Å². The van der Waals surface area contributed by atoms with Crippen LogP contribution in [0.2, 0.25) is 0 Å². The Morgan fingerprint density at radius 3 is 2.93 bits per heavy atom. The first kappa shape index (κ1) is 8.80. The Morgan fingerprint density at radius 1 is 1.64 bits per heavy atom. The van der Waals surface area contributed by atoms with Crippen molar-refractivity contribution < 1.29 is 9.90 Å². The van der Waals surface area contributed by atoms with Crippen LogP contribution >= 0.6 is 0 Å². The number of aromatic nitrogens is 3. The first-order valence-corrected chi connectivity index (χ1v) is 4.33. The lowest BCUT2D eigenvalue weighted by Gasteiger charge is -1.92. The second-order valence-electron chi connectivity index (χ2n) is 3.33. The molecule has 0 fully saturated rings. The third-order valence-corrected chi connectivity index (χ3v) is 2.27. The Morgan fingerprint density at radius 2 is 2.36 bits per heavy atom. The summed E-state index contributed by atoms with van der Waals surface area (Å²) in [6.45, 7) is 3.86. The molecule has 0 saturated carbocycles. The van der Waals surface area contributed by atoms with Gasteiger partial charge in [0.05, 0.1) is 17.8 Å². The summed E-state index contributed by atoms with van der Waals surface area (Å²) in [7, 11) is 0. The topological polar surface area (TPSA) is 70.4 Å². The molecule has 2 aromatic rings. The molecule has 5 nitrogen and oxygen atoms in total. The van der Waals surface area contributed by atoms with E-state index in [1.165, 1.54) is 0 Å². The third-order valence-electron chi connectivity index (χ3n) is 2.27. The number of nitrogens with zero attached hydrogens (tertiary/aromatic N) is 2. The SMILES string of the molecule is Cc1nc2cc(CC(=O)O)[nH]n2c1C. The van der Waals surface area contributed by atoms with Crippen molar-refractivity contribution in [3.63, 3.8) is 0 Å². The molecule has 0 aromatic carbocycles. The molecule has 0 atom stereocenters. The first-order chi connectivity index (χ1) is 6.58. The van der Waals surface area contributed by atoms with Crippen LogP contribution in [0.25, 0.3) is 5.65 Å². The minimum atomic E-state index is -0.844. The highest BCUT2D eigenvalue weighted by atomic mass is 16.4. The molecule has 2 aromatic heterocycles. The van der Waals surface area contributed by atoms with E-state index in [0.29, 0.717) is 5.69 Å². The third kappa shape index (κ3) is 1.26. The molecule has 2 N–H and O–H groups in total. The molecule has 0 bridgehead atoms. The van der Waals surface area contributed by atoms with E-state index in [1.54, 1.807) is 10.6 Å². The van der Waals surface area contributed by atoms with Crippen molar-refractivity contribution in [1.82, 2.24) is 14.6 Å². The minimum Gasteiger partial charge on any atom is -0.481 e. The van der Waals surface area contributed by atoms with Crippen LogP contribution in [0.4, 0.5) is 0 Å². The second kappa shape index (κ2) is 2.87. The van der Waals surface area contributed by atoms with Crippen LogP contribution in [0.3, 0.4) is 0 Å². The molecule has 2 rings (SSSR count). The van der Waals surface area contributed by atoms with Crippen LogP contribution in [0.15, 0.2) is 6.07 Å². The van der Waals surface area contributed by atoms with Crippen LogP contribution in [0.1, 0.15) is 17.1 Å². The van der Waals surface area contributed by atoms with Crippen LogP contribution in [-0.4, -0.2) is 25.7 Å². The highest BCUT2D eigenvalue weighted by molar-refractivity contribution is 5.70. The maximum atomic E-state index is 10.5. The second-order valence-corrected chi connectivity index (χ2v) is 3.33. The first-order valence-electron chi connectivity index (χ1n) is 4.33. The van der Waals surface area contributed by atoms with Gasteiger partial charge in [0, 0.05) is 11.8 Å². The van der Waals surface area contributed by atoms with Gasteiger partial charge in [-0.25, -0.2) is 9.50 Å². The maximum absolute atomic E-state index is 10.5. The number of H-pyrrole nitrogens is 1. The number of hydrogen-bond acceptors (Lipinski definition) is 2. The zero-order valence-electron chi connectivity index (χ0n) is 8.03. The zero-order valence-corrected chi connectivity index (χ0v) is 8.03. The standard InChI is InChI=1S/C9H11N3O2/c1-5-6(2)12-8(10-5)3-7(11-12)4-9(13)14/h3,11H,4H2,1-2H3,(H,13,14). The van der Waals surface area contributed by atoms with Gasteiger partial charge in [-0.05, 0) is 13.8 Å². The monoisotopic (exact) mass is 193 g/mol. The van der Waals surface area contributed by atoms with E-state index in [-0.39, 0.29) is 6.42 Å². The summed E-state index contributed by atoms with van der Waals surface area (Å²) in [6, 6.07) is 1.76. The van der Waals surface area contributed by atoms with E-state index in [9.17, 15) is 4.79 Å². The number of aryl methyl sites for hydroxylation is 2. The van der Waals surface area contributed by atoms with Crippen LogP contribution < -0.4 is 0 Å². The van der Waals surface area contributed by atoms with E-state index in [1.807, 2.05) is 13.8 Å². The van der Waals surface area contributed by atoms with Crippen LogP contribution in [0, 0.1) is 13.8 Å². The number of imidazole rings is 1. The number of hydrogen-bond donors (Lipinski definition) is 2. The number of aliphatic carboxylic acids is 1. The van der Waals surface area contributed by atoms with Gasteiger partial charge < -0.3 is 5.11 Å². The highest BCUT2D eigenvalue weighted by Crippen LogP contribution is 2.11. The molecule has 0 unspecified atom stereocenters. The van der Waals surface area contributed by atoms with Crippen molar-refractivity contribution in [3.05, 3.63) is 23.1 Å².